The zero-order chi connectivity index (χ0) is 18.0. The zero-order valence-electron chi connectivity index (χ0n) is 14.0. The number of ketones is 1. The summed E-state index contributed by atoms with van der Waals surface area (Å²) in [6, 6.07) is 14.0. The van der Waals surface area contributed by atoms with E-state index in [9.17, 15) is 9.59 Å². The van der Waals surface area contributed by atoms with E-state index in [1.807, 2.05) is 35.8 Å². The lowest BCUT2D eigenvalue weighted by Crippen LogP contribution is -2.26. The lowest BCUT2D eigenvalue weighted by molar-refractivity contribution is -0.119. The second kappa shape index (κ2) is 7.07. The van der Waals surface area contributed by atoms with Crippen LogP contribution in [0.2, 0.25) is 5.02 Å². The molecule has 0 fully saturated rings. The van der Waals surface area contributed by atoms with Crippen molar-refractivity contribution in [3.63, 3.8) is 0 Å². The van der Waals surface area contributed by atoms with Crippen LogP contribution in [0.15, 0.2) is 48.5 Å². The Morgan fingerprint density at radius 3 is 2.68 bits per heavy atom. The number of rotatable bonds is 5. The number of carbonyl (C=O) groups excluding carboxylic acids is 2. The number of nitrogens with one attached hydrogen (secondary N) is 1. The Bertz CT molecular complexity index is 949. The maximum atomic E-state index is 12.3. The Kier molecular flexibility index (Phi) is 4.86. The first-order valence-electron chi connectivity index (χ1n) is 7.97. The highest BCUT2D eigenvalue weighted by Crippen LogP contribution is 2.22. The van der Waals surface area contributed by atoms with Gasteiger partial charge in [0.2, 0.25) is 0 Å². The molecular formula is C19H18ClN3O2. The first-order valence-corrected chi connectivity index (χ1v) is 8.35. The summed E-state index contributed by atoms with van der Waals surface area (Å²) in [5.41, 5.74) is 2.15. The Hall–Kier alpha value is -2.66. The van der Waals surface area contributed by atoms with E-state index in [0.29, 0.717) is 16.4 Å². The van der Waals surface area contributed by atoms with Crippen LogP contribution in [-0.2, 0) is 11.3 Å². The van der Waals surface area contributed by atoms with Crippen LogP contribution in [0.3, 0.4) is 0 Å². The van der Waals surface area contributed by atoms with E-state index >= 15 is 0 Å². The van der Waals surface area contributed by atoms with E-state index in [-0.39, 0.29) is 24.3 Å². The van der Waals surface area contributed by atoms with Gasteiger partial charge in [-0.3, -0.25) is 9.59 Å². The van der Waals surface area contributed by atoms with Crippen LogP contribution in [0.1, 0.15) is 36.1 Å². The zero-order valence-corrected chi connectivity index (χ0v) is 14.7. The summed E-state index contributed by atoms with van der Waals surface area (Å²) in [5, 5.41) is 3.35. The van der Waals surface area contributed by atoms with Crippen LogP contribution in [0, 0.1) is 0 Å². The molecule has 1 atom stereocenters. The van der Waals surface area contributed by atoms with Crippen molar-refractivity contribution in [1.82, 2.24) is 14.9 Å². The number of carbonyl (C=O) groups is 2. The average molecular weight is 356 g/mol. The fraction of sp³-hybridized carbons (Fsp3) is 0.211. The molecule has 2 aromatic carbocycles. The molecule has 3 rings (SSSR count). The summed E-state index contributed by atoms with van der Waals surface area (Å²) in [5.74, 6) is 0.432. The largest absolute Gasteiger partial charge is 0.345 e. The van der Waals surface area contributed by atoms with Gasteiger partial charge in [-0.25, -0.2) is 4.98 Å². The summed E-state index contributed by atoms with van der Waals surface area (Å²) in [6.07, 6.45) is 0. The molecule has 0 saturated heterocycles. The van der Waals surface area contributed by atoms with Crippen LogP contribution in [0.5, 0.6) is 0 Å². The normalized spacial score (nSPS) is 12.1. The van der Waals surface area contributed by atoms with Gasteiger partial charge in [0, 0.05) is 10.6 Å². The van der Waals surface area contributed by atoms with E-state index in [0.717, 1.165) is 11.0 Å². The van der Waals surface area contributed by atoms with Gasteiger partial charge in [-0.2, -0.15) is 0 Å². The molecular weight excluding hydrogens is 338 g/mol. The maximum Gasteiger partial charge on any atom is 0.251 e. The van der Waals surface area contributed by atoms with Gasteiger partial charge in [0.1, 0.15) is 5.82 Å². The van der Waals surface area contributed by atoms with Crippen molar-refractivity contribution in [2.75, 3.05) is 0 Å². The van der Waals surface area contributed by atoms with Crippen LogP contribution in [0.4, 0.5) is 0 Å². The highest BCUT2D eigenvalue weighted by Gasteiger charge is 2.19. The lowest BCUT2D eigenvalue weighted by Gasteiger charge is -2.15. The fourth-order valence-corrected chi connectivity index (χ4v) is 2.91. The molecule has 1 unspecified atom stereocenters. The van der Waals surface area contributed by atoms with Gasteiger partial charge in [-0.1, -0.05) is 29.8 Å². The van der Waals surface area contributed by atoms with Crippen molar-refractivity contribution < 1.29 is 9.59 Å². The Balaban J connectivity index is 1.89. The molecule has 0 radical (unpaired) electrons. The monoisotopic (exact) mass is 355 g/mol. The second-order valence-electron chi connectivity index (χ2n) is 5.87. The predicted molar refractivity (Wildman–Crippen MR) is 97.7 cm³/mol. The third-order valence-corrected chi connectivity index (χ3v) is 4.37. The molecule has 6 heteroatoms. The minimum atomic E-state index is -0.356. The number of benzene rings is 2. The molecule has 1 amide bonds. The fourth-order valence-electron chi connectivity index (χ4n) is 2.72. The number of para-hydroxylation sites is 2. The van der Waals surface area contributed by atoms with E-state index in [2.05, 4.69) is 10.3 Å². The van der Waals surface area contributed by atoms with Gasteiger partial charge in [0.25, 0.3) is 5.91 Å². The molecule has 0 saturated carbocycles. The van der Waals surface area contributed by atoms with Crippen LogP contribution in [-0.4, -0.2) is 21.2 Å². The molecule has 0 aliphatic carbocycles. The summed E-state index contributed by atoms with van der Waals surface area (Å²) in [7, 11) is 0. The Morgan fingerprint density at radius 2 is 1.96 bits per heavy atom. The lowest BCUT2D eigenvalue weighted by atomic mass is 10.2. The maximum absolute atomic E-state index is 12.3. The van der Waals surface area contributed by atoms with E-state index in [1.165, 1.54) is 0 Å². The van der Waals surface area contributed by atoms with E-state index < -0.39 is 0 Å². The molecule has 0 aliphatic rings. The standard InChI is InChI=1S/C19H18ClN3O2/c1-12(13(2)24)23-17-9-4-3-8-16(17)22-18(23)11-21-19(25)14-6-5-7-15(20)10-14/h3-10,12H,11H2,1-2H3,(H,21,25). The van der Waals surface area contributed by atoms with Gasteiger partial charge in [0.15, 0.2) is 5.78 Å². The second-order valence-corrected chi connectivity index (χ2v) is 6.30. The number of nitrogens with zero attached hydrogens (tertiary/aromatic N) is 2. The number of amides is 1. The van der Waals surface area contributed by atoms with Crippen molar-refractivity contribution in [1.29, 1.82) is 0 Å². The molecule has 128 valence electrons. The molecule has 0 aliphatic heterocycles. The van der Waals surface area contributed by atoms with Crippen LogP contribution < -0.4 is 5.32 Å². The molecule has 0 bridgehead atoms. The Labute approximate surface area is 150 Å². The van der Waals surface area contributed by atoms with Gasteiger partial charge in [-0.05, 0) is 44.2 Å². The topological polar surface area (TPSA) is 64.0 Å². The van der Waals surface area contributed by atoms with Crippen LogP contribution in [0.25, 0.3) is 11.0 Å². The molecule has 1 heterocycles. The quantitative estimate of drug-likeness (QED) is 0.757. The number of hydrogen-bond donors (Lipinski definition) is 1. The molecule has 1 N–H and O–H groups in total. The summed E-state index contributed by atoms with van der Waals surface area (Å²) >= 11 is 5.93. The van der Waals surface area contributed by atoms with Crippen molar-refractivity contribution >= 4 is 34.3 Å². The Morgan fingerprint density at radius 1 is 1.20 bits per heavy atom. The van der Waals surface area contributed by atoms with Gasteiger partial charge < -0.3 is 9.88 Å². The number of hydrogen-bond acceptors (Lipinski definition) is 3. The first-order chi connectivity index (χ1) is 12.0. The first kappa shape index (κ1) is 17.2. The molecule has 25 heavy (non-hydrogen) atoms. The smallest absolute Gasteiger partial charge is 0.251 e. The van der Waals surface area contributed by atoms with E-state index in [4.69, 9.17) is 11.6 Å². The van der Waals surface area contributed by atoms with Gasteiger partial charge in [-0.15, -0.1) is 0 Å². The van der Waals surface area contributed by atoms with Crippen molar-refractivity contribution in [2.24, 2.45) is 0 Å². The van der Waals surface area contributed by atoms with Crippen molar-refractivity contribution in [3.8, 4) is 0 Å². The highest BCUT2D eigenvalue weighted by atomic mass is 35.5. The number of aromatic nitrogens is 2. The summed E-state index contributed by atoms with van der Waals surface area (Å²) < 4.78 is 1.87. The van der Waals surface area contributed by atoms with Gasteiger partial charge >= 0.3 is 0 Å². The van der Waals surface area contributed by atoms with Crippen molar-refractivity contribution in [2.45, 2.75) is 26.4 Å². The summed E-state index contributed by atoms with van der Waals surface area (Å²) in [6.45, 7) is 3.60. The highest BCUT2D eigenvalue weighted by molar-refractivity contribution is 6.30. The number of Topliss-reactive ketones (excluding diaryl/α,β-unsaturated/α-hetero) is 1. The summed E-state index contributed by atoms with van der Waals surface area (Å²) in [4.78, 5) is 28.8. The minimum Gasteiger partial charge on any atom is -0.345 e. The average Bonchev–Trinajstić information content (AvgIpc) is 2.97. The van der Waals surface area contributed by atoms with Gasteiger partial charge in [0.05, 0.1) is 23.6 Å². The predicted octanol–water partition coefficient (Wildman–Crippen LogP) is 3.77. The molecule has 5 nitrogen and oxygen atoms in total. The third kappa shape index (κ3) is 3.56. The number of halogens is 1. The van der Waals surface area contributed by atoms with E-state index in [1.54, 1.807) is 31.2 Å². The molecule has 1 aromatic heterocycles. The molecule has 3 aromatic rings. The molecule has 0 spiro atoms. The third-order valence-electron chi connectivity index (χ3n) is 4.14. The SMILES string of the molecule is CC(=O)C(C)n1c(CNC(=O)c2cccc(Cl)c2)nc2ccccc21. The van der Waals surface area contributed by atoms with Crippen LogP contribution >= 0.6 is 11.6 Å². The number of imidazole rings is 1. The number of fused-ring (bicyclic) bond motifs is 1. The van der Waals surface area contributed by atoms with Crippen molar-refractivity contribution in [3.05, 3.63) is 64.9 Å². The minimum absolute atomic E-state index is 0.0329.